The van der Waals surface area contributed by atoms with E-state index in [0.717, 1.165) is 25.1 Å². The van der Waals surface area contributed by atoms with Crippen LogP contribution in [0, 0.1) is 13.8 Å². The van der Waals surface area contributed by atoms with Gasteiger partial charge in [-0.1, -0.05) is 23.8 Å². The number of carbonyl (C=O) groups is 1. The first-order valence-corrected chi connectivity index (χ1v) is 5.77. The number of rotatable bonds is 1. The largest absolute Gasteiger partial charge is 0.354 e. The van der Waals surface area contributed by atoms with Gasteiger partial charge in [0, 0.05) is 6.54 Å². The minimum Gasteiger partial charge on any atom is -0.354 e. The van der Waals surface area contributed by atoms with E-state index in [-0.39, 0.29) is 11.9 Å². The second-order valence-electron chi connectivity index (χ2n) is 4.39. The summed E-state index contributed by atoms with van der Waals surface area (Å²) >= 11 is 0. The molecular weight excluding hydrogens is 200 g/mol. The highest BCUT2D eigenvalue weighted by Crippen LogP contribution is 2.20. The van der Waals surface area contributed by atoms with Crippen molar-refractivity contribution in [2.45, 2.75) is 26.3 Å². The van der Waals surface area contributed by atoms with Gasteiger partial charge in [0.15, 0.2) is 0 Å². The van der Waals surface area contributed by atoms with Crippen LogP contribution in [0.5, 0.6) is 0 Å². The van der Waals surface area contributed by atoms with E-state index in [1.54, 1.807) is 0 Å². The number of nitrogens with one attached hydrogen (secondary N) is 2. The Morgan fingerprint density at radius 2 is 2.06 bits per heavy atom. The normalized spacial score (nSPS) is 21.4. The number of benzene rings is 1. The van der Waals surface area contributed by atoms with Crippen LogP contribution >= 0.6 is 0 Å². The van der Waals surface area contributed by atoms with Gasteiger partial charge in [0.2, 0.25) is 5.91 Å². The lowest BCUT2D eigenvalue weighted by Gasteiger charge is -2.17. The minimum atomic E-state index is -0.192. The first kappa shape index (κ1) is 11.1. The predicted molar refractivity (Wildman–Crippen MR) is 64.3 cm³/mol. The summed E-state index contributed by atoms with van der Waals surface area (Å²) in [7, 11) is 0. The Morgan fingerprint density at radius 3 is 2.88 bits per heavy atom. The summed E-state index contributed by atoms with van der Waals surface area (Å²) in [5, 5.41) is 6.24. The third-order valence-corrected chi connectivity index (χ3v) is 3.01. The van der Waals surface area contributed by atoms with Crippen LogP contribution in [-0.2, 0) is 4.79 Å². The Morgan fingerprint density at radius 1 is 1.25 bits per heavy atom. The lowest BCUT2D eigenvalue weighted by atomic mass is 9.98. The van der Waals surface area contributed by atoms with Gasteiger partial charge in [-0.3, -0.25) is 4.79 Å². The van der Waals surface area contributed by atoms with Gasteiger partial charge in [-0.15, -0.1) is 0 Å². The summed E-state index contributed by atoms with van der Waals surface area (Å²) in [5.41, 5.74) is 3.46. The molecule has 1 saturated heterocycles. The number of carbonyl (C=O) groups excluding carboxylic acids is 1. The standard InChI is InChI=1S/C13H18N2O/c1-9-4-5-10(2)11(8-9)12-13(16)15-7-3-6-14-12/h4-5,8,12,14H,3,6-7H2,1-2H3,(H,15,16). The molecule has 1 aromatic rings. The molecular formula is C13H18N2O. The van der Waals surface area contributed by atoms with Crippen molar-refractivity contribution in [3.63, 3.8) is 0 Å². The smallest absolute Gasteiger partial charge is 0.241 e. The Labute approximate surface area is 96.2 Å². The highest BCUT2D eigenvalue weighted by atomic mass is 16.2. The molecule has 1 heterocycles. The van der Waals surface area contributed by atoms with E-state index in [4.69, 9.17) is 0 Å². The molecule has 1 atom stereocenters. The molecule has 1 aliphatic rings. The van der Waals surface area contributed by atoms with Gasteiger partial charge in [-0.05, 0) is 37.9 Å². The maximum atomic E-state index is 11.9. The summed E-state index contributed by atoms with van der Waals surface area (Å²) in [6.07, 6.45) is 0.993. The quantitative estimate of drug-likeness (QED) is 0.749. The number of aryl methyl sites for hydroxylation is 2. The van der Waals surface area contributed by atoms with Crippen molar-refractivity contribution in [1.29, 1.82) is 0 Å². The lowest BCUT2D eigenvalue weighted by molar-refractivity contribution is -0.122. The zero-order valence-corrected chi connectivity index (χ0v) is 9.84. The molecule has 2 rings (SSSR count). The molecule has 0 aromatic heterocycles. The van der Waals surface area contributed by atoms with Crippen LogP contribution in [0.2, 0.25) is 0 Å². The van der Waals surface area contributed by atoms with Gasteiger partial charge in [-0.25, -0.2) is 0 Å². The average molecular weight is 218 g/mol. The zero-order chi connectivity index (χ0) is 11.5. The molecule has 1 fully saturated rings. The molecule has 1 aromatic carbocycles. The van der Waals surface area contributed by atoms with Gasteiger partial charge in [0.05, 0.1) is 0 Å². The molecule has 1 aliphatic heterocycles. The topological polar surface area (TPSA) is 41.1 Å². The fourth-order valence-corrected chi connectivity index (χ4v) is 2.06. The molecule has 0 saturated carbocycles. The Hall–Kier alpha value is -1.35. The van der Waals surface area contributed by atoms with E-state index < -0.39 is 0 Å². The van der Waals surface area contributed by atoms with E-state index >= 15 is 0 Å². The summed E-state index contributed by atoms with van der Waals surface area (Å²) < 4.78 is 0. The third kappa shape index (κ3) is 2.25. The number of hydrogen-bond acceptors (Lipinski definition) is 2. The maximum absolute atomic E-state index is 11.9. The van der Waals surface area contributed by atoms with E-state index in [2.05, 4.69) is 42.7 Å². The SMILES string of the molecule is Cc1ccc(C)c(C2NCCCNC2=O)c1. The van der Waals surface area contributed by atoms with Crippen LogP contribution in [0.15, 0.2) is 18.2 Å². The molecule has 16 heavy (non-hydrogen) atoms. The Kier molecular flexibility index (Phi) is 3.25. The van der Waals surface area contributed by atoms with Gasteiger partial charge < -0.3 is 10.6 Å². The summed E-state index contributed by atoms with van der Waals surface area (Å²) in [5.74, 6) is 0.0891. The van der Waals surface area contributed by atoms with Crippen molar-refractivity contribution >= 4 is 5.91 Å². The minimum absolute atomic E-state index is 0.0891. The van der Waals surface area contributed by atoms with Gasteiger partial charge >= 0.3 is 0 Å². The molecule has 1 amide bonds. The molecule has 86 valence electrons. The van der Waals surface area contributed by atoms with E-state index in [9.17, 15) is 4.79 Å². The van der Waals surface area contributed by atoms with Crippen LogP contribution in [0.1, 0.15) is 29.2 Å². The summed E-state index contributed by atoms with van der Waals surface area (Å²) in [6, 6.07) is 6.05. The molecule has 0 bridgehead atoms. The molecule has 3 heteroatoms. The van der Waals surface area contributed by atoms with Crippen LogP contribution < -0.4 is 10.6 Å². The van der Waals surface area contributed by atoms with Crippen LogP contribution in [-0.4, -0.2) is 19.0 Å². The van der Waals surface area contributed by atoms with E-state index in [0.29, 0.717) is 0 Å². The molecule has 1 unspecified atom stereocenters. The fraction of sp³-hybridized carbons (Fsp3) is 0.462. The van der Waals surface area contributed by atoms with Gasteiger partial charge in [0.25, 0.3) is 0 Å². The Bertz CT molecular complexity index is 401. The van der Waals surface area contributed by atoms with Crippen LogP contribution in [0.3, 0.4) is 0 Å². The lowest BCUT2D eigenvalue weighted by Crippen LogP contribution is -2.34. The predicted octanol–water partition coefficient (Wildman–Crippen LogP) is 1.45. The average Bonchev–Trinajstić information content (AvgIpc) is 2.47. The fourth-order valence-electron chi connectivity index (χ4n) is 2.06. The third-order valence-electron chi connectivity index (χ3n) is 3.01. The van der Waals surface area contributed by atoms with Crippen LogP contribution in [0.25, 0.3) is 0 Å². The zero-order valence-electron chi connectivity index (χ0n) is 9.84. The number of amides is 1. The first-order chi connectivity index (χ1) is 7.68. The summed E-state index contributed by atoms with van der Waals surface area (Å²) in [4.78, 5) is 11.9. The highest BCUT2D eigenvalue weighted by Gasteiger charge is 2.23. The maximum Gasteiger partial charge on any atom is 0.241 e. The van der Waals surface area contributed by atoms with Crippen molar-refractivity contribution in [2.24, 2.45) is 0 Å². The molecule has 0 spiro atoms. The van der Waals surface area contributed by atoms with Crippen molar-refractivity contribution < 1.29 is 4.79 Å². The Balaban J connectivity index is 2.33. The van der Waals surface area contributed by atoms with Crippen LogP contribution in [0.4, 0.5) is 0 Å². The molecule has 0 aliphatic carbocycles. The van der Waals surface area contributed by atoms with E-state index in [1.165, 1.54) is 11.1 Å². The monoisotopic (exact) mass is 218 g/mol. The highest BCUT2D eigenvalue weighted by molar-refractivity contribution is 5.83. The van der Waals surface area contributed by atoms with Crippen molar-refractivity contribution in [3.05, 3.63) is 34.9 Å². The second kappa shape index (κ2) is 4.66. The van der Waals surface area contributed by atoms with Gasteiger partial charge in [0.1, 0.15) is 6.04 Å². The summed E-state index contributed by atoms with van der Waals surface area (Å²) in [6.45, 7) is 5.76. The molecule has 0 radical (unpaired) electrons. The van der Waals surface area contributed by atoms with E-state index in [1.807, 2.05) is 0 Å². The second-order valence-corrected chi connectivity index (χ2v) is 4.39. The molecule has 3 nitrogen and oxygen atoms in total. The van der Waals surface area contributed by atoms with Crippen molar-refractivity contribution in [1.82, 2.24) is 10.6 Å². The van der Waals surface area contributed by atoms with Crippen molar-refractivity contribution in [2.75, 3.05) is 13.1 Å². The first-order valence-electron chi connectivity index (χ1n) is 5.77. The van der Waals surface area contributed by atoms with Gasteiger partial charge in [-0.2, -0.15) is 0 Å². The van der Waals surface area contributed by atoms with Crippen molar-refractivity contribution in [3.8, 4) is 0 Å². The molecule has 2 N–H and O–H groups in total. The number of hydrogen-bond donors (Lipinski definition) is 2.